The van der Waals surface area contributed by atoms with E-state index in [9.17, 15) is 14.9 Å². The van der Waals surface area contributed by atoms with Gasteiger partial charge < -0.3 is 5.32 Å². The molecule has 0 heterocycles. The number of hydrogen-bond acceptors (Lipinski definition) is 3. The predicted octanol–water partition coefficient (Wildman–Crippen LogP) is 2.81. The van der Waals surface area contributed by atoms with E-state index in [1.54, 1.807) is 6.07 Å². The van der Waals surface area contributed by atoms with Crippen LogP contribution in [0, 0.1) is 10.1 Å². The fourth-order valence-electron chi connectivity index (χ4n) is 1.83. The molecule has 6 heteroatoms. The number of rotatable bonds is 3. The van der Waals surface area contributed by atoms with Gasteiger partial charge in [-0.1, -0.05) is 18.2 Å². The molecule has 18 heavy (non-hydrogen) atoms. The lowest BCUT2D eigenvalue weighted by molar-refractivity contribution is -0.385. The zero-order valence-electron chi connectivity index (χ0n) is 9.43. The van der Waals surface area contributed by atoms with Gasteiger partial charge in [0.2, 0.25) is 0 Å². The standard InChI is InChI=1S/C12H11BrN2O3/c13-11-9(6-3-7-10(11)15(17)18)12(16)14-8-4-1-2-5-8/h1-3,6-8H,4-5H2,(H,14,16). The summed E-state index contributed by atoms with van der Waals surface area (Å²) in [4.78, 5) is 22.3. The molecule has 0 fully saturated rings. The van der Waals surface area contributed by atoms with Gasteiger partial charge in [0.1, 0.15) is 4.47 Å². The van der Waals surface area contributed by atoms with Crippen LogP contribution in [0.15, 0.2) is 34.8 Å². The van der Waals surface area contributed by atoms with Crippen LogP contribution >= 0.6 is 15.9 Å². The van der Waals surface area contributed by atoms with Crippen LogP contribution in [0.25, 0.3) is 0 Å². The van der Waals surface area contributed by atoms with Crippen molar-refractivity contribution < 1.29 is 9.72 Å². The number of nitrogens with zero attached hydrogens (tertiary/aromatic N) is 1. The minimum absolute atomic E-state index is 0.0867. The van der Waals surface area contributed by atoms with E-state index >= 15 is 0 Å². The molecule has 0 saturated heterocycles. The average Bonchev–Trinajstić information content (AvgIpc) is 2.81. The third-order valence-corrected chi connectivity index (χ3v) is 3.60. The highest BCUT2D eigenvalue weighted by atomic mass is 79.9. The zero-order valence-corrected chi connectivity index (χ0v) is 11.0. The summed E-state index contributed by atoms with van der Waals surface area (Å²) in [5, 5.41) is 13.6. The Balaban J connectivity index is 2.19. The summed E-state index contributed by atoms with van der Waals surface area (Å²) < 4.78 is 0.221. The van der Waals surface area contributed by atoms with Crippen molar-refractivity contribution in [2.75, 3.05) is 0 Å². The number of nitro groups is 1. The van der Waals surface area contributed by atoms with E-state index in [0.29, 0.717) is 0 Å². The van der Waals surface area contributed by atoms with Crippen molar-refractivity contribution in [1.82, 2.24) is 5.32 Å². The van der Waals surface area contributed by atoms with Crippen molar-refractivity contribution in [2.45, 2.75) is 18.9 Å². The van der Waals surface area contributed by atoms with Crippen molar-refractivity contribution in [3.05, 3.63) is 50.5 Å². The van der Waals surface area contributed by atoms with Crippen LogP contribution in [0.4, 0.5) is 5.69 Å². The van der Waals surface area contributed by atoms with Gasteiger partial charge in [-0.15, -0.1) is 0 Å². The molecule has 0 radical (unpaired) electrons. The summed E-state index contributed by atoms with van der Waals surface area (Å²) in [6.45, 7) is 0. The maximum Gasteiger partial charge on any atom is 0.284 e. The molecule has 0 aromatic heterocycles. The fraction of sp³-hybridized carbons (Fsp3) is 0.250. The Hall–Kier alpha value is -1.69. The summed E-state index contributed by atoms with van der Waals surface area (Å²) in [7, 11) is 0. The van der Waals surface area contributed by atoms with Crippen molar-refractivity contribution in [1.29, 1.82) is 0 Å². The minimum Gasteiger partial charge on any atom is -0.349 e. The highest BCUT2D eigenvalue weighted by Crippen LogP contribution is 2.28. The van der Waals surface area contributed by atoms with Gasteiger partial charge in [0.15, 0.2) is 0 Å². The van der Waals surface area contributed by atoms with Crippen LogP contribution in [0.2, 0.25) is 0 Å². The van der Waals surface area contributed by atoms with E-state index in [-0.39, 0.29) is 27.7 Å². The van der Waals surface area contributed by atoms with Crippen LogP contribution in [-0.4, -0.2) is 16.9 Å². The molecule has 1 aromatic rings. The number of carbonyl (C=O) groups excluding carboxylic acids is 1. The van der Waals surface area contributed by atoms with Crippen molar-refractivity contribution in [3.63, 3.8) is 0 Å². The average molecular weight is 311 g/mol. The Labute approximate surface area is 112 Å². The monoisotopic (exact) mass is 310 g/mol. The second kappa shape index (κ2) is 5.30. The van der Waals surface area contributed by atoms with Gasteiger partial charge in [0, 0.05) is 12.1 Å². The van der Waals surface area contributed by atoms with Crippen molar-refractivity contribution in [2.24, 2.45) is 0 Å². The van der Waals surface area contributed by atoms with Gasteiger partial charge in [-0.05, 0) is 34.8 Å². The largest absolute Gasteiger partial charge is 0.349 e. The molecule has 1 aromatic carbocycles. The second-order valence-electron chi connectivity index (χ2n) is 4.01. The first-order chi connectivity index (χ1) is 8.59. The number of hydrogen-bond donors (Lipinski definition) is 1. The molecule has 5 nitrogen and oxygen atoms in total. The first kappa shape index (κ1) is 12.8. The van der Waals surface area contributed by atoms with E-state index in [2.05, 4.69) is 21.2 Å². The van der Waals surface area contributed by atoms with Crippen LogP contribution in [-0.2, 0) is 0 Å². The number of nitrogens with one attached hydrogen (secondary N) is 1. The van der Waals surface area contributed by atoms with Gasteiger partial charge in [-0.3, -0.25) is 14.9 Å². The summed E-state index contributed by atoms with van der Waals surface area (Å²) in [5.74, 6) is -0.292. The van der Waals surface area contributed by atoms with E-state index in [1.165, 1.54) is 12.1 Å². The third kappa shape index (κ3) is 2.59. The highest BCUT2D eigenvalue weighted by molar-refractivity contribution is 9.10. The van der Waals surface area contributed by atoms with Crippen molar-refractivity contribution in [3.8, 4) is 0 Å². The van der Waals surface area contributed by atoms with E-state index < -0.39 is 4.92 Å². The van der Waals surface area contributed by atoms with Crippen LogP contribution < -0.4 is 5.32 Å². The van der Waals surface area contributed by atoms with Crippen molar-refractivity contribution >= 4 is 27.5 Å². The highest BCUT2D eigenvalue weighted by Gasteiger charge is 2.21. The summed E-state index contributed by atoms with van der Waals surface area (Å²) >= 11 is 3.11. The summed E-state index contributed by atoms with van der Waals surface area (Å²) in [6.07, 6.45) is 5.62. The fourth-order valence-corrected chi connectivity index (χ4v) is 2.42. The lowest BCUT2D eigenvalue weighted by Gasteiger charge is -2.12. The van der Waals surface area contributed by atoms with Gasteiger partial charge in [0.05, 0.1) is 10.5 Å². The van der Waals surface area contributed by atoms with E-state index in [0.717, 1.165) is 12.8 Å². The predicted molar refractivity (Wildman–Crippen MR) is 70.4 cm³/mol. The van der Waals surface area contributed by atoms with E-state index in [4.69, 9.17) is 0 Å². The van der Waals surface area contributed by atoms with Crippen LogP contribution in [0.5, 0.6) is 0 Å². The lowest BCUT2D eigenvalue weighted by atomic mass is 10.1. The molecule has 1 aliphatic rings. The smallest absolute Gasteiger partial charge is 0.284 e. The molecule has 2 rings (SSSR count). The maximum atomic E-state index is 12.0. The molecule has 0 aliphatic heterocycles. The number of amides is 1. The van der Waals surface area contributed by atoms with Crippen LogP contribution in [0.1, 0.15) is 23.2 Å². The first-order valence-electron chi connectivity index (χ1n) is 5.48. The second-order valence-corrected chi connectivity index (χ2v) is 4.80. The maximum absolute atomic E-state index is 12.0. The number of nitro benzene ring substituents is 1. The van der Waals surface area contributed by atoms with E-state index in [1.807, 2.05) is 12.2 Å². The van der Waals surface area contributed by atoms with Gasteiger partial charge in [0.25, 0.3) is 11.6 Å². The summed E-state index contributed by atoms with van der Waals surface area (Å²) in [5.41, 5.74) is 0.184. The summed E-state index contributed by atoms with van der Waals surface area (Å²) in [6, 6.07) is 4.51. The van der Waals surface area contributed by atoms with Gasteiger partial charge in [-0.25, -0.2) is 0 Å². The molecule has 0 bridgehead atoms. The molecular formula is C12H11BrN2O3. The molecule has 0 atom stereocenters. The molecule has 1 aliphatic carbocycles. The normalized spacial score (nSPS) is 14.7. The molecule has 0 unspecified atom stereocenters. The Morgan fingerprint density at radius 3 is 2.67 bits per heavy atom. The Bertz CT molecular complexity index is 520. The SMILES string of the molecule is O=C(NC1CC=CC1)c1cccc([N+](=O)[O-])c1Br. The number of benzene rings is 1. The molecule has 0 spiro atoms. The Kier molecular flexibility index (Phi) is 3.76. The quantitative estimate of drug-likeness (QED) is 0.530. The minimum atomic E-state index is -0.516. The molecular weight excluding hydrogens is 300 g/mol. The molecule has 94 valence electrons. The molecule has 1 amide bonds. The first-order valence-corrected chi connectivity index (χ1v) is 6.27. The lowest BCUT2D eigenvalue weighted by Crippen LogP contribution is -2.33. The number of halogens is 1. The number of carbonyl (C=O) groups is 1. The zero-order chi connectivity index (χ0) is 13.1. The molecule has 1 N–H and O–H groups in total. The Morgan fingerprint density at radius 2 is 2.06 bits per heavy atom. The van der Waals surface area contributed by atoms with Gasteiger partial charge in [-0.2, -0.15) is 0 Å². The third-order valence-electron chi connectivity index (χ3n) is 2.76. The van der Waals surface area contributed by atoms with Crippen LogP contribution in [0.3, 0.4) is 0 Å². The molecule has 0 saturated carbocycles. The van der Waals surface area contributed by atoms with Gasteiger partial charge >= 0.3 is 0 Å². The topological polar surface area (TPSA) is 72.2 Å². The Morgan fingerprint density at radius 1 is 1.39 bits per heavy atom.